The van der Waals surface area contributed by atoms with E-state index in [1.54, 1.807) is 19.1 Å². The molecule has 2 rings (SSSR count). The summed E-state index contributed by atoms with van der Waals surface area (Å²) in [6.07, 6.45) is 0. The summed E-state index contributed by atoms with van der Waals surface area (Å²) >= 11 is 0. The Labute approximate surface area is 92.0 Å². The van der Waals surface area contributed by atoms with Gasteiger partial charge in [0.2, 0.25) is 11.8 Å². The van der Waals surface area contributed by atoms with Crippen LogP contribution in [0.25, 0.3) is 0 Å². The van der Waals surface area contributed by atoms with Crippen LogP contribution in [-0.2, 0) is 9.59 Å². The fourth-order valence-corrected chi connectivity index (χ4v) is 1.54. The van der Waals surface area contributed by atoms with Crippen LogP contribution in [0.1, 0.15) is 5.56 Å². The molecule has 84 valence electrons. The average molecular weight is 222 g/mol. The van der Waals surface area contributed by atoms with Gasteiger partial charge in [-0.2, -0.15) is 0 Å². The second-order valence-electron chi connectivity index (χ2n) is 3.69. The van der Waals surface area contributed by atoms with Crippen LogP contribution in [0.2, 0.25) is 0 Å². The zero-order chi connectivity index (χ0) is 11.7. The number of aryl methyl sites for hydroxylation is 1. The van der Waals surface area contributed by atoms with Gasteiger partial charge in [0.1, 0.15) is 12.4 Å². The number of hydrogen-bond acceptors (Lipinski definition) is 2. The highest BCUT2D eigenvalue weighted by molar-refractivity contribution is 6.04. The molecule has 1 aliphatic heterocycles. The van der Waals surface area contributed by atoms with E-state index in [2.05, 4.69) is 5.32 Å². The zero-order valence-electron chi connectivity index (χ0n) is 8.79. The Morgan fingerprint density at radius 1 is 1.38 bits per heavy atom. The van der Waals surface area contributed by atoms with Gasteiger partial charge in [0, 0.05) is 5.69 Å². The molecule has 0 spiro atoms. The van der Waals surface area contributed by atoms with Crippen LogP contribution >= 0.6 is 0 Å². The lowest BCUT2D eigenvalue weighted by molar-refractivity contribution is -0.128. The summed E-state index contributed by atoms with van der Waals surface area (Å²) in [7, 11) is 0. The fourth-order valence-electron chi connectivity index (χ4n) is 1.54. The minimum absolute atomic E-state index is 0.0334. The summed E-state index contributed by atoms with van der Waals surface area (Å²) in [5.41, 5.74) is 0.931. The Hall–Kier alpha value is -1.91. The number of amides is 2. The Bertz CT molecular complexity index is 459. The van der Waals surface area contributed by atoms with Crippen molar-refractivity contribution in [3.8, 4) is 0 Å². The third kappa shape index (κ3) is 1.88. The number of nitrogens with one attached hydrogen (secondary N) is 1. The molecule has 0 radical (unpaired) electrons. The van der Waals surface area contributed by atoms with Gasteiger partial charge in [0.15, 0.2) is 0 Å². The van der Waals surface area contributed by atoms with Gasteiger partial charge in [0.05, 0.1) is 6.54 Å². The normalized spacial score (nSPS) is 16.2. The molecule has 0 atom stereocenters. The van der Waals surface area contributed by atoms with Gasteiger partial charge in [-0.1, -0.05) is 6.07 Å². The maximum absolute atomic E-state index is 13.3. The Kier molecular flexibility index (Phi) is 2.60. The summed E-state index contributed by atoms with van der Waals surface area (Å²) in [6, 6.07) is 4.49. The van der Waals surface area contributed by atoms with Crippen molar-refractivity contribution in [3.63, 3.8) is 0 Å². The number of carbonyl (C=O) groups is 2. The molecular weight excluding hydrogens is 211 g/mol. The molecule has 2 amide bonds. The molecule has 1 fully saturated rings. The van der Waals surface area contributed by atoms with Crippen molar-refractivity contribution in [2.24, 2.45) is 0 Å². The highest BCUT2D eigenvalue weighted by Gasteiger charge is 2.24. The maximum atomic E-state index is 13.3. The van der Waals surface area contributed by atoms with E-state index in [9.17, 15) is 14.0 Å². The van der Waals surface area contributed by atoms with Crippen LogP contribution in [0.3, 0.4) is 0 Å². The number of halogens is 1. The lowest BCUT2D eigenvalue weighted by Crippen LogP contribution is -2.51. The van der Waals surface area contributed by atoms with Crippen molar-refractivity contribution in [2.45, 2.75) is 6.92 Å². The van der Waals surface area contributed by atoms with Gasteiger partial charge >= 0.3 is 0 Å². The molecule has 1 aromatic rings. The zero-order valence-corrected chi connectivity index (χ0v) is 8.79. The molecule has 1 aromatic carbocycles. The van der Waals surface area contributed by atoms with Crippen LogP contribution in [0.15, 0.2) is 18.2 Å². The molecule has 0 unspecified atom stereocenters. The summed E-state index contributed by atoms with van der Waals surface area (Å²) in [6.45, 7) is 1.56. The molecule has 1 saturated heterocycles. The second kappa shape index (κ2) is 3.92. The van der Waals surface area contributed by atoms with Crippen molar-refractivity contribution < 1.29 is 14.0 Å². The summed E-state index contributed by atoms with van der Waals surface area (Å²) < 4.78 is 13.3. The van der Waals surface area contributed by atoms with Crippen molar-refractivity contribution in [1.82, 2.24) is 5.32 Å². The van der Waals surface area contributed by atoms with Crippen molar-refractivity contribution >= 4 is 17.5 Å². The van der Waals surface area contributed by atoms with E-state index in [1.807, 2.05) is 0 Å². The third-order valence-electron chi connectivity index (χ3n) is 2.51. The topological polar surface area (TPSA) is 49.4 Å². The molecule has 1 heterocycles. The van der Waals surface area contributed by atoms with Gasteiger partial charge < -0.3 is 10.2 Å². The Morgan fingerprint density at radius 3 is 2.81 bits per heavy atom. The summed E-state index contributed by atoms with van der Waals surface area (Å²) in [5, 5.41) is 2.43. The number of nitrogens with zero attached hydrogens (tertiary/aromatic N) is 1. The van der Waals surface area contributed by atoms with Gasteiger partial charge in [-0.15, -0.1) is 0 Å². The average Bonchev–Trinajstić information content (AvgIpc) is 2.26. The van der Waals surface area contributed by atoms with E-state index in [-0.39, 0.29) is 30.7 Å². The van der Waals surface area contributed by atoms with Gasteiger partial charge in [-0.25, -0.2) is 4.39 Å². The predicted molar refractivity (Wildman–Crippen MR) is 56.5 cm³/mol. The van der Waals surface area contributed by atoms with Crippen LogP contribution in [-0.4, -0.2) is 24.9 Å². The SMILES string of the molecule is Cc1ccc(N2CC(=O)NCC2=O)cc1F. The largest absolute Gasteiger partial charge is 0.345 e. The first kappa shape index (κ1) is 10.6. The minimum atomic E-state index is -0.378. The Morgan fingerprint density at radius 2 is 2.12 bits per heavy atom. The number of hydrogen-bond donors (Lipinski definition) is 1. The van der Waals surface area contributed by atoms with Crippen LogP contribution in [0, 0.1) is 12.7 Å². The lowest BCUT2D eigenvalue weighted by Gasteiger charge is -2.26. The van der Waals surface area contributed by atoms with E-state index in [0.717, 1.165) is 0 Å². The van der Waals surface area contributed by atoms with Gasteiger partial charge in [-0.05, 0) is 24.6 Å². The van der Waals surface area contributed by atoms with E-state index in [4.69, 9.17) is 0 Å². The van der Waals surface area contributed by atoms with E-state index >= 15 is 0 Å². The van der Waals surface area contributed by atoms with E-state index < -0.39 is 0 Å². The third-order valence-corrected chi connectivity index (χ3v) is 2.51. The first-order valence-electron chi connectivity index (χ1n) is 4.91. The highest BCUT2D eigenvalue weighted by atomic mass is 19.1. The lowest BCUT2D eigenvalue weighted by atomic mass is 10.2. The van der Waals surface area contributed by atoms with E-state index in [1.165, 1.54) is 11.0 Å². The monoisotopic (exact) mass is 222 g/mol. The predicted octanol–water partition coefficient (Wildman–Crippen LogP) is 0.597. The number of carbonyl (C=O) groups excluding carboxylic acids is 2. The molecule has 4 nitrogen and oxygen atoms in total. The van der Waals surface area contributed by atoms with Crippen molar-refractivity contribution in [1.29, 1.82) is 0 Å². The van der Waals surface area contributed by atoms with Gasteiger partial charge in [-0.3, -0.25) is 9.59 Å². The number of anilines is 1. The van der Waals surface area contributed by atoms with Crippen LogP contribution in [0.4, 0.5) is 10.1 Å². The van der Waals surface area contributed by atoms with E-state index in [0.29, 0.717) is 11.3 Å². The second-order valence-corrected chi connectivity index (χ2v) is 3.69. The maximum Gasteiger partial charge on any atom is 0.246 e. The molecular formula is C11H11FN2O2. The number of piperazine rings is 1. The first-order chi connectivity index (χ1) is 7.58. The quantitative estimate of drug-likeness (QED) is 0.756. The fraction of sp³-hybridized carbons (Fsp3) is 0.273. The molecule has 5 heteroatoms. The standard InChI is InChI=1S/C11H11FN2O2/c1-7-2-3-8(4-9(7)12)14-6-10(15)13-5-11(14)16/h2-4H,5-6H2,1H3,(H,13,15). The first-order valence-corrected chi connectivity index (χ1v) is 4.91. The smallest absolute Gasteiger partial charge is 0.246 e. The summed E-state index contributed by atoms with van der Waals surface area (Å²) in [5.74, 6) is -0.847. The van der Waals surface area contributed by atoms with Crippen molar-refractivity contribution in [2.75, 3.05) is 18.0 Å². The molecule has 0 aromatic heterocycles. The summed E-state index contributed by atoms with van der Waals surface area (Å²) in [4.78, 5) is 23.9. The van der Waals surface area contributed by atoms with Crippen LogP contribution in [0.5, 0.6) is 0 Å². The molecule has 1 aliphatic rings. The molecule has 0 saturated carbocycles. The number of rotatable bonds is 1. The molecule has 1 N–H and O–H groups in total. The molecule has 16 heavy (non-hydrogen) atoms. The highest BCUT2D eigenvalue weighted by Crippen LogP contribution is 2.19. The van der Waals surface area contributed by atoms with Gasteiger partial charge in [0.25, 0.3) is 0 Å². The minimum Gasteiger partial charge on any atom is -0.345 e. The van der Waals surface area contributed by atoms with Crippen molar-refractivity contribution in [3.05, 3.63) is 29.6 Å². The molecule has 0 bridgehead atoms. The number of benzene rings is 1. The van der Waals surface area contributed by atoms with Crippen LogP contribution < -0.4 is 10.2 Å². The Balaban J connectivity index is 2.31. The molecule has 0 aliphatic carbocycles.